The molecule has 0 aromatic heterocycles. The molecule has 0 aromatic carbocycles. The molecule has 108 valence electrons. The van der Waals surface area contributed by atoms with E-state index in [1.54, 1.807) is 20.8 Å². The van der Waals surface area contributed by atoms with E-state index in [1.165, 1.54) is 0 Å². The Bertz CT molecular complexity index is 304. The minimum Gasteiger partial charge on any atom is -0.756 e. The molecule has 0 aliphatic carbocycles. The molecule has 1 unspecified atom stereocenters. The quantitative estimate of drug-likeness (QED) is 0.496. The summed E-state index contributed by atoms with van der Waals surface area (Å²) in [6.45, 7) is 4.85. The van der Waals surface area contributed by atoms with E-state index < -0.39 is 19.5 Å². The highest BCUT2D eigenvalue weighted by molar-refractivity contribution is 7.45. The summed E-state index contributed by atoms with van der Waals surface area (Å²) in [5.74, 6) is 0. The largest absolute Gasteiger partial charge is 0.756 e. The lowest BCUT2D eigenvalue weighted by Crippen LogP contribution is -2.34. The maximum atomic E-state index is 11.2. The van der Waals surface area contributed by atoms with Gasteiger partial charge in [0.05, 0.1) is 13.2 Å². The second-order valence-corrected chi connectivity index (χ2v) is 5.74. The Morgan fingerprint density at radius 3 is 2.39 bits per heavy atom. The lowest BCUT2D eigenvalue weighted by Gasteiger charge is -2.23. The fourth-order valence-corrected chi connectivity index (χ4v) is 1.54. The molecule has 8 nitrogen and oxygen atoms in total. The Balaban J connectivity index is 3.73. The van der Waals surface area contributed by atoms with Crippen molar-refractivity contribution in [1.29, 1.82) is 0 Å². The van der Waals surface area contributed by atoms with Crippen LogP contribution in [0.3, 0.4) is 0 Å². The summed E-state index contributed by atoms with van der Waals surface area (Å²) in [7, 11) is -4.33. The Labute approximate surface area is 106 Å². The number of nitrogens with two attached hydrogens (primary N) is 1. The van der Waals surface area contributed by atoms with Crippen molar-refractivity contribution in [3.8, 4) is 0 Å². The molecule has 0 rings (SSSR count). The number of carbonyl (C=O) groups is 1. The van der Waals surface area contributed by atoms with E-state index in [2.05, 4.69) is 14.4 Å². The van der Waals surface area contributed by atoms with Crippen LogP contribution in [0.4, 0.5) is 4.79 Å². The van der Waals surface area contributed by atoms with Crippen molar-refractivity contribution in [3.05, 3.63) is 0 Å². The molecule has 0 aromatic rings. The molecule has 0 radical (unpaired) electrons. The van der Waals surface area contributed by atoms with Gasteiger partial charge >= 0.3 is 6.09 Å². The Hall–Kier alpha value is -0.660. The van der Waals surface area contributed by atoms with Gasteiger partial charge in [0.2, 0.25) is 0 Å². The third kappa shape index (κ3) is 10.5. The van der Waals surface area contributed by atoms with Gasteiger partial charge < -0.3 is 29.7 Å². The fourth-order valence-electron chi connectivity index (χ4n) is 0.826. The average Bonchev–Trinajstić information content (AvgIpc) is 2.19. The first kappa shape index (κ1) is 17.3. The van der Waals surface area contributed by atoms with E-state index in [4.69, 9.17) is 10.5 Å². The van der Waals surface area contributed by atoms with Gasteiger partial charge in [0.25, 0.3) is 7.82 Å². The number of amides is 1. The molecule has 0 aliphatic heterocycles. The molecule has 1 atom stereocenters. The zero-order valence-corrected chi connectivity index (χ0v) is 11.7. The monoisotopic (exact) mass is 283 g/mol. The van der Waals surface area contributed by atoms with Gasteiger partial charge in [0.15, 0.2) is 0 Å². The van der Waals surface area contributed by atoms with E-state index in [1.807, 2.05) is 0 Å². The summed E-state index contributed by atoms with van der Waals surface area (Å²) in [5.41, 5.74) is 4.47. The number of hydrogen-bond donors (Lipinski definition) is 2. The summed E-state index contributed by atoms with van der Waals surface area (Å²) in [6.07, 6.45) is -0.644. The van der Waals surface area contributed by atoms with Crippen molar-refractivity contribution in [3.63, 3.8) is 0 Å². The van der Waals surface area contributed by atoms with Crippen LogP contribution in [0.25, 0.3) is 0 Å². The summed E-state index contributed by atoms with van der Waals surface area (Å²) in [4.78, 5) is 22.2. The van der Waals surface area contributed by atoms with Crippen LogP contribution >= 0.6 is 7.82 Å². The highest BCUT2D eigenvalue weighted by Gasteiger charge is 2.15. The molecular weight excluding hydrogens is 263 g/mol. The third-order valence-corrected chi connectivity index (χ3v) is 2.38. The third-order valence-electron chi connectivity index (χ3n) is 1.39. The van der Waals surface area contributed by atoms with Gasteiger partial charge in [-0.15, -0.1) is 0 Å². The number of phosphoric ester groups is 1. The van der Waals surface area contributed by atoms with Crippen molar-refractivity contribution in [2.24, 2.45) is 5.73 Å². The fraction of sp³-hybridized carbons (Fsp3) is 0.889. The second kappa shape index (κ2) is 7.70. The zero-order chi connectivity index (χ0) is 14.2. The van der Waals surface area contributed by atoms with E-state index >= 15 is 0 Å². The van der Waals surface area contributed by atoms with Crippen molar-refractivity contribution in [2.75, 3.05) is 26.3 Å². The highest BCUT2D eigenvalue weighted by Crippen LogP contribution is 2.37. The molecule has 0 heterocycles. The molecule has 9 heteroatoms. The van der Waals surface area contributed by atoms with Crippen molar-refractivity contribution >= 4 is 13.9 Å². The first-order valence-electron chi connectivity index (χ1n) is 5.43. The summed E-state index contributed by atoms with van der Waals surface area (Å²) in [6, 6.07) is 0. The summed E-state index contributed by atoms with van der Waals surface area (Å²) in [5, 5.41) is 2.34. The zero-order valence-electron chi connectivity index (χ0n) is 10.8. The van der Waals surface area contributed by atoms with Crippen LogP contribution in [0.15, 0.2) is 0 Å². The van der Waals surface area contributed by atoms with E-state index in [0.717, 1.165) is 0 Å². The van der Waals surface area contributed by atoms with E-state index in [-0.39, 0.29) is 26.3 Å². The standard InChI is InChI=1S/C9H21N2O6P/c1-9(2,3)17-8(12)11-5-7-16-18(13,14)15-6-4-10/h4-7,10H2,1-3H3,(H,11,12)(H,13,14)/p-1. The highest BCUT2D eigenvalue weighted by atomic mass is 31.2. The number of hydrogen-bond acceptors (Lipinski definition) is 7. The normalized spacial score (nSPS) is 14.9. The molecular formula is C9H20N2O6P-. The number of carbonyl (C=O) groups excluding carboxylic acids is 1. The van der Waals surface area contributed by atoms with Crippen molar-refractivity contribution < 1.29 is 28.0 Å². The Morgan fingerprint density at radius 1 is 1.33 bits per heavy atom. The van der Waals surface area contributed by atoms with Crippen LogP contribution < -0.4 is 15.9 Å². The van der Waals surface area contributed by atoms with Crippen molar-refractivity contribution in [2.45, 2.75) is 26.4 Å². The number of alkyl carbamates (subject to hydrolysis) is 1. The number of phosphoric acid groups is 1. The number of rotatable bonds is 7. The van der Waals surface area contributed by atoms with Gasteiger partial charge in [-0.2, -0.15) is 0 Å². The predicted molar refractivity (Wildman–Crippen MR) is 62.8 cm³/mol. The molecule has 0 spiro atoms. The SMILES string of the molecule is CC(C)(C)OC(=O)NCCOP(=O)([O-])OCCN. The lowest BCUT2D eigenvalue weighted by molar-refractivity contribution is -0.225. The Morgan fingerprint density at radius 2 is 1.89 bits per heavy atom. The van der Waals surface area contributed by atoms with Crippen LogP contribution in [-0.4, -0.2) is 38.0 Å². The van der Waals surface area contributed by atoms with Crippen LogP contribution in [0.2, 0.25) is 0 Å². The average molecular weight is 283 g/mol. The minimum absolute atomic E-state index is 0.00682. The molecule has 0 bridgehead atoms. The van der Waals surface area contributed by atoms with Gasteiger partial charge in [-0.25, -0.2) is 4.79 Å². The molecule has 18 heavy (non-hydrogen) atoms. The van der Waals surface area contributed by atoms with Gasteiger partial charge in [-0.3, -0.25) is 4.57 Å². The first-order valence-corrected chi connectivity index (χ1v) is 6.89. The van der Waals surface area contributed by atoms with Crippen molar-refractivity contribution in [1.82, 2.24) is 5.32 Å². The van der Waals surface area contributed by atoms with Gasteiger partial charge in [-0.05, 0) is 20.8 Å². The molecule has 0 saturated carbocycles. The van der Waals surface area contributed by atoms with E-state index in [0.29, 0.717) is 0 Å². The first-order chi connectivity index (χ1) is 8.16. The van der Waals surface area contributed by atoms with Crippen LogP contribution in [0.5, 0.6) is 0 Å². The lowest BCUT2D eigenvalue weighted by atomic mass is 10.2. The van der Waals surface area contributed by atoms with Gasteiger partial charge in [0, 0.05) is 13.1 Å². The number of nitrogens with one attached hydrogen (secondary N) is 1. The minimum atomic E-state index is -4.33. The van der Waals surface area contributed by atoms with Gasteiger partial charge in [0.1, 0.15) is 5.60 Å². The van der Waals surface area contributed by atoms with E-state index in [9.17, 15) is 14.3 Å². The molecule has 3 N–H and O–H groups in total. The molecule has 0 saturated heterocycles. The van der Waals surface area contributed by atoms with Crippen LogP contribution in [0.1, 0.15) is 20.8 Å². The van der Waals surface area contributed by atoms with Crippen LogP contribution in [0, 0.1) is 0 Å². The van der Waals surface area contributed by atoms with Crippen LogP contribution in [-0.2, 0) is 18.3 Å². The molecule has 1 amide bonds. The molecule has 0 aliphatic rings. The maximum absolute atomic E-state index is 11.2. The topological polar surface area (TPSA) is 123 Å². The second-order valence-electron chi connectivity index (χ2n) is 4.33. The predicted octanol–water partition coefficient (Wildman–Crippen LogP) is -0.0286. The maximum Gasteiger partial charge on any atom is 0.407 e. The van der Waals surface area contributed by atoms with Gasteiger partial charge in [-0.1, -0.05) is 0 Å². The molecule has 0 fully saturated rings. The smallest absolute Gasteiger partial charge is 0.407 e. The number of ether oxygens (including phenoxy) is 1. The Kier molecular flexibility index (Phi) is 7.42. The summed E-state index contributed by atoms with van der Waals surface area (Å²) < 4.78 is 24.8. The summed E-state index contributed by atoms with van der Waals surface area (Å²) >= 11 is 0.